The minimum atomic E-state index is -3.67. The number of alkyl halides is 2. The van der Waals surface area contributed by atoms with Crippen LogP contribution in [0.2, 0.25) is 0 Å². The summed E-state index contributed by atoms with van der Waals surface area (Å²) in [6.45, 7) is 1.69. The second-order valence-electron chi connectivity index (χ2n) is 11.1. The maximum Gasteiger partial charge on any atom is 0.251 e. The molecule has 1 spiro atoms. The van der Waals surface area contributed by atoms with E-state index in [2.05, 4.69) is 24.7 Å². The second kappa shape index (κ2) is 10.3. The van der Waals surface area contributed by atoms with Crippen molar-refractivity contribution in [1.82, 2.24) is 19.7 Å². The Kier molecular flexibility index (Phi) is 6.89. The normalized spacial score (nSPS) is 20.1. The third-order valence-electron chi connectivity index (χ3n) is 8.28. The molecule has 0 radical (unpaired) electrons. The maximum absolute atomic E-state index is 13.6. The highest BCUT2D eigenvalue weighted by molar-refractivity contribution is 7.92. The van der Waals surface area contributed by atoms with E-state index in [0.29, 0.717) is 22.7 Å². The van der Waals surface area contributed by atoms with Gasteiger partial charge in [-0.1, -0.05) is 0 Å². The average Bonchev–Trinajstić information content (AvgIpc) is 3.49. The Morgan fingerprint density at radius 2 is 1.68 bits per heavy atom. The van der Waals surface area contributed by atoms with E-state index in [0.717, 1.165) is 42.9 Å². The Labute approximate surface area is 232 Å². The number of nitrogens with zero attached hydrogens (tertiary/aromatic N) is 6. The number of aliphatic hydroxyl groups is 1. The van der Waals surface area contributed by atoms with Gasteiger partial charge in [0, 0.05) is 57.0 Å². The van der Waals surface area contributed by atoms with E-state index in [1.807, 2.05) is 18.3 Å². The lowest BCUT2D eigenvalue weighted by Crippen LogP contribution is -2.40. The van der Waals surface area contributed by atoms with Gasteiger partial charge in [0.25, 0.3) is 5.92 Å². The zero-order valence-electron chi connectivity index (χ0n) is 22.1. The van der Waals surface area contributed by atoms with Gasteiger partial charge in [0.2, 0.25) is 16.0 Å². The Hall–Kier alpha value is -3.32. The van der Waals surface area contributed by atoms with Gasteiger partial charge >= 0.3 is 0 Å². The molecule has 214 valence electrons. The van der Waals surface area contributed by atoms with Crippen LogP contribution in [0.25, 0.3) is 16.9 Å². The van der Waals surface area contributed by atoms with Crippen molar-refractivity contribution < 1.29 is 22.3 Å². The van der Waals surface area contributed by atoms with Gasteiger partial charge in [-0.2, -0.15) is 5.10 Å². The topological polar surface area (TPSA) is 116 Å². The lowest BCUT2D eigenvalue weighted by atomic mass is 9.93. The highest BCUT2D eigenvalue weighted by atomic mass is 32.2. The van der Waals surface area contributed by atoms with Gasteiger partial charge in [-0.3, -0.25) is 4.72 Å². The predicted octanol–water partition coefficient (Wildman–Crippen LogP) is 3.68. The predicted molar refractivity (Wildman–Crippen MR) is 149 cm³/mol. The number of benzene rings is 1. The number of sulfonamides is 1. The molecule has 1 aromatic carbocycles. The Bertz CT molecular complexity index is 1470. The van der Waals surface area contributed by atoms with Crippen molar-refractivity contribution in [2.45, 2.75) is 44.4 Å². The molecule has 1 saturated carbocycles. The minimum absolute atomic E-state index is 0.199. The van der Waals surface area contributed by atoms with Crippen LogP contribution < -0.4 is 14.5 Å². The van der Waals surface area contributed by atoms with Crippen LogP contribution in [0, 0.1) is 5.41 Å². The molecule has 3 fully saturated rings. The first-order valence-electron chi connectivity index (χ1n) is 13.7. The molecular weight excluding hydrogens is 540 g/mol. The first-order chi connectivity index (χ1) is 19.1. The SMILES string of the molecule is O=S(=O)(CCO)Nc1ccc(-n2cc(-c3ccnc(N4CCC(F)(F)CC4)n3)cn2)c(N2CCC3(CC2)CC3)c1. The maximum atomic E-state index is 13.6. The van der Waals surface area contributed by atoms with Crippen molar-refractivity contribution in [3.63, 3.8) is 0 Å². The molecule has 40 heavy (non-hydrogen) atoms. The number of aromatic nitrogens is 4. The average molecular weight is 574 g/mol. The molecule has 13 heteroatoms. The van der Waals surface area contributed by atoms with Crippen LogP contribution in [0.5, 0.6) is 0 Å². The lowest BCUT2D eigenvalue weighted by Gasteiger charge is -2.35. The molecule has 2 aromatic heterocycles. The smallest absolute Gasteiger partial charge is 0.251 e. The van der Waals surface area contributed by atoms with Crippen LogP contribution in [-0.2, 0) is 10.0 Å². The summed E-state index contributed by atoms with van der Waals surface area (Å²) in [5, 5.41) is 13.7. The molecule has 2 aliphatic heterocycles. The van der Waals surface area contributed by atoms with Crippen LogP contribution in [0.3, 0.4) is 0 Å². The van der Waals surface area contributed by atoms with Crippen molar-refractivity contribution in [3.05, 3.63) is 42.9 Å². The minimum Gasteiger partial charge on any atom is -0.395 e. The fourth-order valence-corrected chi connectivity index (χ4v) is 6.39. The molecule has 2 N–H and O–H groups in total. The van der Waals surface area contributed by atoms with Crippen molar-refractivity contribution >= 4 is 27.3 Å². The van der Waals surface area contributed by atoms with Gasteiger partial charge in [0.15, 0.2) is 0 Å². The van der Waals surface area contributed by atoms with E-state index >= 15 is 0 Å². The van der Waals surface area contributed by atoms with Crippen molar-refractivity contribution in [2.75, 3.05) is 53.1 Å². The van der Waals surface area contributed by atoms with Crippen LogP contribution >= 0.6 is 0 Å². The Morgan fingerprint density at radius 1 is 0.950 bits per heavy atom. The van der Waals surface area contributed by atoms with E-state index in [4.69, 9.17) is 5.11 Å². The first kappa shape index (κ1) is 26.9. The summed E-state index contributed by atoms with van der Waals surface area (Å²) < 4.78 is 56.2. The van der Waals surface area contributed by atoms with E-state index in [1.54, 1.807) is 34.1 Å². The van der Waals surface area contributed by atoms with Gasteiger partial charge in [-0.15, -0.1) is 0 Å². The second-order valence-corrected chi connectivity index (χ2v) is 12.9. The highest BCUT2D eigenvalue weighted by Gasteiger charge is 2.44. The Balaban J connectivity index is 1.28. The summed E-state index contributed by atoms with van der Waals surface area (Å²) in [4.78, 5) is 13.0. The fourth-order valence-electron chi connectivity index (χ4n) is 5.57. The number of hydrogen-bond donors (Lipinski definition) is 2. The van der Waals surface area contributed by atoms with E-state index in [9.17, 15) is 17.2 Å². The van der Waals surface area contributed by atoms with Crippen LogP contribution in [0.15, 0.2) is 42.9 Å². The fraction of sp³-hybridized carbons (Fsp3) is 0.519. The van der Waals surface area contributed by atoms with E-state index in [-0.39, 0.29) is 31.7 Å². The number of hydrogen-bond acceptors (Lipinski definition) is 8. The van der Waals surface area contributed by atoms with E-state index in [1.165, 1.54) is 12.8 Å². The zero-order valence-corrected chi connectivity index (χ0v) is 23.0. The standard InChI is InChI=1S/C27H33F2N7O3S/c28-27(29)8-13-35(14-9-27)25-30-10-3-22(32-25)20-18-31-36(19-20)23-2-1-21(33-40(38,39)16-15-37)17-24(23)34-11-6-26(4-5-26)7-12-34/h1-3,10,17-19,33,37H,4-9,11-16H2. The third kappa shape index (κ3) is 5.75. The van der Waals surface area contributed by atoms with Gasteiger partial charge in [0.05, 0.1) is 41.3 Å². The lowest BCUT2D eigenvalue weighted by molar-refractivity contribution is -0.0222. The van der Waals surface area contributed by atoms with Gasteiger partial charge in [0.1, 0.15) is 0 Å². The summed E-state index contributed by atoms with van der Waals surface area (Å²) in [6, 6.07) is 7.12. The molecule has 4 heterocycles. The third-order valence-corrected chi connectivity index (χ3v) is 9.54. The molecule has 3 aliphatic rings. The largest absolute Gasteiger partial charge is 0.395 e. The van der Waals surface area contributed by atoms with Crippen molar-refractivity contribution in [3.8, 4) is 16.9 Å². The summed E-state index contributed by atoms with van der Waals surface area (Å²) in [5.74, 6) is -2.60. The summed E-state index contributed by atoms with van der Waals surface area (Å²) in [7, 11) is -3.67. The van der Waals surface area contributed by atoms with Crippen molar-refractivity contribution in [2.24, 2.45) is 5.41 Å². The van der Waals surface area contributed by atoms with E-state index < -0.39 is 22.6 Å². The quantitative estimate of drug-likeness (QED) is 0.419. The van der Waals surface area contributed by atoms with Gasteiger partial charge < -0.3 is 14.9 Å². The number of aliphatic hydroxyl groups excluding tert-OH is 1. The molecule has 2 saturated heterocycles. The summed E-state index contributed by atoms with van der Waals surface area (Å²) >= 11 is 0. The Morgan fingerprint density at radius 3 is 2.38 bits per heavy atom. The molecule has 6 rings (SSSR count). The molecule has 0 unspecified atom stereocenters. The molecule has 1 aliphatic carbocycles. The molecular formula is C27H33F2N7O3S. The zero-order chi connectivity index (χ0) is 28.0. The van der Waals surface area contributed by atoms with Crippen LogP contribution in [-0.4, -0.2) is 77.7 Å². The van der Waals surface area contributed by atoms with Crippen molar-refractivity contribution in [1.29, 1.82) is 0 Å². The summed E-state index contributed by atoms with van der Waals surface area (Å²) in [5.41, 5.74) is 3.96. The van der Waals surface area contributed by atoms with Gasteiger partial charge in [-0.05, 0) is 55.4 Å². The number of rotatable bonds is 8. The van der Waals surface area contributed by atoms with Crippen LogP contribution in [0.1, 0.15) is 38.5 Å². The molecule has 3 aromatic rings. The van der Waals surface area contributed by atoms with Crippen LogP contribution in [0.4, 0.5) is 26.1 Å². The monoisotopic (exact) mass is 573 g/mol. The first-order valence-corrected chi connectivity index (χ1v) is 15.3. The van der Waals surface area contributed by atoms with Gasteiger partial charge in [-0.25, -0.2) is 31.8 Å². The molecule has 0 atom stereocenters. The highest BCUT2D eigenvalue weighted by Crippen LogP contribution is 2.54. The molecule has 0 amide bonds. The molecule has 10 nitrogen and oxygen atoms in total. The number of halogens is 2. The number of anilines is 3. The summed E-state index contributed by atoms with van der Waals surface area (Å²) in [6.07, 6.45) is 9.51. The number of nitrogens with one attached hydrogen (secondary N) is 1. The number of piperidine rings is 2. The molecule has 0 bridgehead atoms.